The van der Waals surface area contributed by atoms with Gasteiger partial charge in [0.15, 0.2) is 0 Å². The average Bonchev–Trinajstić information content (AvgIpc) is 2.44. The highest BCUT2D eigenvalue weighted by Crippen LogP contribution is 2.15. The van der Waals surface area contributed by atoms with Crippen molar-refractivity contribution in [1.82, 2.24) is 0 Å². The van der Waals surface area contributed by atoms with Crippen LogP contribution in [0, 0.1) is 18.6 Å². The standard InChI is InChI=1S/C16H16F2N2O/c1-11-2-5-13(6-3-11)19-9-8-16(21)20-15-7-4-12(17)10-14(15)18/h2-7,10,19H,8-9H2,1H3,(H,20,21). The molecular weight excluding hydrogens is 274 g/mol. The van der Waals surface area contributed by atoms with Crippen LogP contribution in [0.3, 0.4) is 0 Å². The fourth-order valence-corrected chi connectivity index (χ4v) is 1.80. The van der Waals surface area contributed by atoms with Crippen LogP contribution in [0.5, 0.6) is 0 Å². The lowest BCUT2D eigenvalue weighted by Gasteiger charge is -2.08. The Morgan fingerprint density at radius 2 is 1.81 bits per heavy atom. The minimum atomic E-state index is -0.783. The van der Waals surface area contributed by atoms with E-state index in [0.717, 1.165) is 23.4 Å². The van der Waals surface area contributed by atoms with Gasteiger partial charge in [-0.15, -0.1) is 0 Å². The molecule has 0 atom stereocenters. The highest BCUT2D eigenvalue weighted by Gasteiger charge is 2.07. The van der Waals surface area contributed by atoms with Crippen molar-refractivity contribution in [2.75, 3.05) is 17.2 Å². The first-order valence-electron chi connectivity index (χ1n) is 6.60. The Bertz CT molecular complexity index is 627. The topological polar surface area (TPSA) is 41.1 Å². The van der Waals surface area contributed by atoms with Gasteiger partial charge in [-0.25, -0.2) is 8.78 Å². The molecule has 0 bridgehead atoms. The highest BCUT2D eigenvalue weighted by molar-refractivity contribution is 5.91. The second kappa shape index (κ2) is 6.83. The lowest BCUT2D eigenvalue weighted by Crippen LogP contribution is -2.17. The third-order valence-electron chi connectivity index (χ3n) is 2.94. The molecule has 1 amide bonds. The SMILES string of the molecule is Cc1ccc(NCCC(=O)Nc2ccc(F)cc2F)cc1. The van der Waals surface area contributed by atoms with Gasteiger partial charge in [0.25, 0.3) is 0 Å². The van der Waals surface area contributed by atoms with Crippen molar-refractivity contribution in [3.05, 3.63) is 59.7 Å². The maximum atomic E-state index is 13.4. The summed E-state index contributed by atoms with van der Waals surface area (Å²) in [5.74, 6) is -1.79. The van der Waals surface area contributed by atoms with Crippen LogP contribution >= 0.6 is 0 Å². The monoisotopic (exact) mass is 290 g/mol. The summed E-state index contributed by atoms with van der Waals surface area (Å²) in [6.45, 7) is 2.42. The molecule has 110 valence electrons. The molecule has 2 rings (SSSR count). The molecule has 2 aromatic rings. The third-order valence-corrected chi connectivity index (χ3v) is 2.94. The first-order valence-corrected chi connectivity index (χ1v) is 6.60. The lowest BCUT2D eigenvalue weighted by atomic mass is 10.2. The van der Waals surface area contributed by atoms with Crippen molar-refractivity contribution in [3.63, 3.8) is 0 Å². The number of nitrogens with one attached hydrogen (secondary N) is 2. The Morgan fingerprint density at radius 1 is 1.10 bits per heavy atom. The van der Waals surface area contributed by atoms with Crippen LogP contribution in [-0.4, -0.2) is 12.5 Å². The summed E-state index contributed by atoms with van der Waals surface area (Å²) in [7, 11) is 0. The van der Waals surface area contributed by atoms with Crippen LogP contribution in [0.1, 0.15) is 12.0 Å². The highest BCUT2D eigenvalue weighted by atomic mass is 19.1. The molecule has 0 aliphatic heterocycles. The predicted molar refractivity (Wildman–Crippen MR) is 79.3 cm³/mol. The van der Waals surface area contributed by atoms with Gasteiger partial charge >= 0.3 is 0 Å². The van der Waals surface area contributed by atoms with Crippen LogP contribution in [0.4, 0.5) is 20.2 Å². The van der Waals surface area contributed by atoms with Gasteiger partial charge in [-0.2, -0.15) is 0 Å². The normalized spacial score (nSPS) is 10.2. The van der Waals surface area contributed by atoms with E-state index < -0.39 is 11.6 Å². The smallest absolute Gasteiger partial charge is 0.226 e. The maximum absolute atomic E-state index is 13.4. The summed E-state index contributed by atoms with van der Waals surface area (Å²) < 4.78 is 26.1. The molecule has 0 saturated heterocycles. The summed E-state index contributed by atoms with van der Waals surface area (Å²) in [6.07, 6.45) is 0.185. The zero-order valence-electron chi connectivity index (χ0n) is 11.6. The van der Waals surface area contributed by atoms with Gasteiger partial charge in [0, 0.05) is 24.7 Å². The zero-order valence-corrected chi connectivity index (χ0v) is 11.6. The van der Waals surface area contributed by atoms with Crippen molar-refractivity contribution in [3.8, 4) is 0 Å². The number of halogens is 2. The molecule has 2 N–H and O–H groups in total. The van der Waals surface area contributed by atoms with Crippen molar-refractivity contribution in [2.45, 2.75) is 13.3 Å². The minimum Gasteiger partial charge on any atom is -0.385 e. The van der Waals surface area contributed by atoms with Crippen LogP contribution in [0.25, 0.3) is 0 Å². The molecule has 0 heterocycles. The molecule has 0 spiro atoms. The fourth-order valence-electron chi connectivity index (χ4n) is 1.80. The molecule has 0 fully saturated rings. The Hall–Kier alpha value is -2.43. The second-order valence-electron chi connectivity index (χ2n) is 4.72. The van der Waals surface area contributed by atoms with E-state index in [1.165, 1.54) is 6.07 Å². The zero-order chi connectivity index (χ0) is 15.2. The quantitative estimate of drug-likeness (QED) is 0.881. The van der Waals surface area contributed by atoms with E-state index in [1.54, 1.807) is 0 Å². The molecular formula is C16H16F2N2O. The first-order chi connectivity index (χ1) is 10.0. The van der Waals surface area contributed by atoms with E-state index in [0.29, 0.717) is 6.54 Å². The first kappa shape index (κ1) is 15.0. The maximum Gasteiger partial charge on any atom is 0.226 e. The van der Waals surface area contributed by atoms with Gasteiger partial charge in [-0.05, 0) is 31.2 Å². The predicted octanol–water partition coefficient (Wildman–Crippen LogP) is 3.71. The van der Waals surface area contributed by atoms with Crippen LogP contribution in [-0.2, 0) is 4.79 Å². The largest absolute Gasteiger partial charge is 0.385 e. The molecule has 0 aliphatic rings. The summed E-state index contributed by atoms with van der Waals surface area (Å²) in [5, 5.41) is 5.51. The molecule has 0 aromatic heterocycles. The number of carbonyl (C=O) groups excluding carboxylic acids is 1. The van der Waals surface area contributed by atoms with Gasteiger partial charge in [0.2, 0.25) is 5.91 Å². The Labute approximate surface area is 122 Å². The molecule has 0 radical (unpaired) electrons. The van der Waals surface area contributed by atoms with Crippen molar-refractivity contribution in [1.29, 1.82) is 0 Å². The molecule has 3 nitrogen and oxygen atoms in total. The molecule has 0 unspecified atom stereocenters. The van der Waals surface area contributed by atoms with Crippen LogP contribution < -0.4 is 10.6 Å². The van der Waals surface area contributed by atoms with E-state index in [9.17, 15) is 13.6 Å². The Kier molecular flexibility index (Phi) is 4.87. The van der Waals surface area contributed by atoms with E-state index in [2.05, 4.69) is 10.6 Å². The number of hydrogen-bond acceptors (Lipinski definition) is 2. The average molecular weight is 290 g/mol. The van der Waals surface area contributed by atoms with Crippen molar-refractivity contribution < 1.29 is 13.6 Å². The Morgan fingerprint density at radius 3 is 2.48 bits per heavy atom. The third kappa shape index (κ3) is 4.56. The van der Waals surface area contributed by atoms with Gasteiger partial charge in [0.1, 0.15) is 11.6 Å². The van der Waals surface area contributed by atoms with E-state index in [1.807, 2.05) is 31.2 Å². The summed E-state index contributed by atoms with van der Waals surface area (Å²) >= 11 is 0. The van der Waals surface area contributed by atoms with Crippen molar-refractivity contribution >= 4 is 17.3 Å². The summed E-state index contributed by atoms with van der Waals surface area (Å²) in [4.78, 5) is 11.7. The van der Waals surface area contributed by atoms with Gasteiger partial charge in [-0.1, -0.05) is 17.7 Å². The lowest BCUT2D eigenvalue weighted by molar-refractivity contribution is -0.116. The molecule has 21 heavy (non-hydrogen) atoms. The molecule has 0 saturated carbocycles. The number of anilines is 2. The number of rotatable bonds is 5. The fraction of sp³-hybridized carbons (Fsp3) is 0.188. The van der Waals surface area contributed by atoms with Crippen LogP contribution in [0.2, 0.25) is 0 Å². The van der Waals surface area contributed by atoms with E-state index in [4.69, 9.17) is 0 Å². The minimum absolute atomic E-state index is 0.0169. The molecule has 5 heteroatoms. The van der Waals surface area contributed by atoms with Gasteiger partial charge < -0.3 is 10.6 Å². The number of carbonyl (C=O) groups is 1. The second-order valence-corrected chi connectivity index (χ2v) is 4.72. The molecule has 2 aromatic carbocycles. The number of aryl methyl sites for hydroxylation is 1. The van der Waals surface area contributed by atoms with Gasteiger partial charge in [-0.3, -0.25) is 4.79 Å². The number of amides is 1. The van der Waals surface area contributed by atoms with E-state index >= 15 is 0 Å². The van der Waals surface area contributed by atoms with Crippen LogP contribution in [0.15, 0.2) is 42.5 Å². The van der Waals surface area contributed by atoms with E-state index in [-0.39, 0.29) is 18.0 Å². The number of benzene rings is 2. The molecule has 0 aliphatic carbocycles. The number of hydrogen-bond donors (Lipinski definition) is 2. The van der Waals surface area contributed by atoms with Gasteiger partial charge in [0.05, 0.1) is 5.69 Å². The van der Waals surface area contributed by atoms with Crippen molar-refractivity contribution in [2.24, 2.45) is 0 Å². The summed E-state index contributed by atoms with van der Waals surface area (Å²) in [5.41, 5.74) is 2.06. The summed E-state index contributed by atoms with van der Waals surface area (Å²) in [6, 6.07) is 10.8. The Balaban J connectivity index is 1.81.